The fourth-order valence-corrected chi connectivity index (χ4v) is 4.15. The minimum Gasteiger partial charge on any atom is -0.489 e. The Morgan fingerprint density at radius 2 is 1.57 bits per heavy atom. The van der Waals surface area contributed by atoms with Crippen molar-refractivity contribution in [3.8, 4) is 11.5 Å². The van der Waals surface area contributed by atoms with Crippen molar-refractivity contribution < 1.29 is 23.5 Å². The second kappa shape index (κ2) is 12.0. The van der Waals surface area contributed by atoms with Crippen molar-refractivity contribution in [1.29, 1.82) is 5.41 Å². The summed E-state index contributed by atoms with van der Waals surface area (Å²) in [5.41, 5.74) is 4.89. The lowest BCUT2D eigenvalue weighted by Crippen LogP contribution is -2.11. The maximum atomic E-state index is 12.1. The number of methoxy groups -OCH3 is 1. The first-order valence-electron chi connectivity index (χ1n) is 12.0. The molecule has 0 fully saturated rings. The van der Waals surface area contributed by atoms with Crippen LogP contribution in [0.2, 0.25) is 0 Å². The molecule has 190 valence electrons. The zero-order chi connectivity index (χ0) is 26.2. The zero-order valence-corrected chi connectivity index (χ0v) is 21.2. The fourth-order valence-electron chi connectivity index (χ4n) is 4.15. The highest BCUT2D eigenvalue weighted by molar-refractivity contribution is 5.99. The molecule has 4 rings (SSSR count). The third-order valence-electron chi connectivity index (χ3n) is 6.15. The molecule has 0 aliphatic rings. The van der Waals surface area contributed by atoms with Gasteiger partial charge in [0.1, 0.15) is 30.5 Å². The van der Waals surface area contributed by atoms with E-state index in [-0.39, 0.29) is 24.9 Å². The number of carbonyl (C=O) groups excluding carboxylic acids is 1. The summed E-state index contributed by atoms with van der Waals surface area (Å²) in [5, 5.41) is 12.2. The summed E-state index contributed by atoms with van der Waals surface area (Å²) in [5.74, 6) is 1.59. The molecule has 3 aromatic carbocycles. The van der Waals surface area contributed by atoms with E-state index in [1.807, 2.05) is 92.7 Å². The number of nitrogens with zero attached hydrogens (tertiary/aromatic N) is 1. The van der Waals surface area contributed by atoms with Crippen LogP contribution in [0.15, 0.2) is 83.4 Å². The summed E-state index contributed by atoms with van der Waals surface area (Å²) in [7, 11) is 1.39. The third kappa shape index (κ3) is 6.64. The van der Waals surface area contributed by atoms with Gasteiger partial charge in [0.15, 0.2) is 0 Å². The smallest absolute Gasteiger partial charge is 0.306 e. The van der Waals surface area contributed by atoms with Crippen molar-refractivity contribution in [3.63, 3.8) is 0 Å². The van der Waals surface area contributed by atoms with E-state index in [4.69, 9.17) is 24.1 Å². The number of benzene rings is 3. The van der Waals surface area contributed by atoms with Crippen LogP contribution in [-0.4, -0.2) is 30.6 Å². The molecule has 1 N–H and O–H groups in total. The maximum Gasteiger partial charge on any atom is 0.306 e. The van der Waals surface area contributed by atoms with Gasteiger partial charge in [0.2, 0.25) is 0 Å². The number of ether oxygens (including phenoxy) is 3. The van der Waals surface area contributed by atoms with Gasteiger partial charge in [0.05, 0.1) is 24.9 Å². The first-order valence-corrected chi connectivity index (χ1v) is 12.0. The average Bonchev–Trinajstić information content (AvgIpc) is 3.27. The van der Waals surface area contributed by atoms with Crippen LogP contribution in [0.25, 0.3) is 0 Å². The molecule has 0 aliphatic heterocycles. The normalized spacial score (nSPS) is 11.5. The van der Waals surface area contributed by atoms with Gasteiger partial charge in [0, 0.05) is 11.5 Å². The highest BCUT2D eigenvalue weighted by atomic mass is 16.5. The van der Waals surface area contributed by atoms with Crippen LogP contribution in [0.5, 0.6) is 11.5 Å². The molecule has 37 heavy (non-hydrogen) atoms. The van der Waals surface area contributed by atoms with Gasteiger partial charge in [0.25, 0.3) is 0 Å². The van der Waals surface area contributed by atoms with E-state index in [1.54, 1.807) is 0 Å². The monoisotopic (exact) mass is 498 g/mol. The van der Waals surface area contributed by atoms with Crippen molar-refractivity contribution in [1.82, 2.24) is 5.16 Å². The molecule has 0 amide bonds. The fraction of sp³-hybridized carbons (Fsp3) is 0.233. The van der Waals surface area contributed by atoms with Crippen LogP contribution in [0.3, 0.4) is 0 Å². The van der Waals surface area contributed by atoms with Gasteiger partial charge >= 0.3 is 5.97 Å². The van der Waals surface area contributed by atoms with Gasteiger partial charge in [-0.15, -0.1) is 0 Å². The standard InChI is InChI=1S/C30H30N2O5/c1-20-30(21(2)37-32-20)27(17-29(33)34-3)23-11-15-26(16-12-23)35-18-22-9-13-25(14-10-22)36-19-28(31)24-7-5-4-6-8-24/h4-16,27,31H,17-19H2,1-3H3. The Balaban J connectivity index is 1.35. The molecule has 1 aromatic heterocycles. The Hall–Kier alpha value is -4.39. The summed E-state index contributed by atoms with van der Waals surface area (Å²) in [6.45, 7) is 4.32. The molecule has 1 heterocycles. The number of hydrogen-bond donors (Lipinski definition) is 1. The molecular formula is C30H30N2O5. The molecular weight excluding hydrogens is 468 g/mol. The molecule has 0 saturated carbocycles. The van der Waals surface area contributed by atoms with Crippen molar-refractivity contribution in [3.05, 3.63) is 113 Å². The number of rotatable bonds is 11. The lowest BCUT2D eigenvalue weighted by Gasteiger charge is -2.17. The SMILES string of the molecule is COC(=O)CC(c1ccc(OCc2ccc(OCC(=N)c3ccccc3)cc2)cc1)c1c(C)noc1C. The summed E-state index contributed by atoms with van der Waals surface area (Å²) in [4.78, 5) is 12.1. The summed E-state index contributed by atoms with van der Waals surface area (Å²) in [6, 6.07) is 24.9. The van der Waals surface area contributed by atoms with Crippen LogP contribution in [0.1, 0.15) is 46.0 Å². The van der Waals surface area contributed by atoms with Crippen LogP contribution < -0.4 is 9.47 Å². The minimum atomic E-state index is -0.297. The van der Waals surface area contributed by atoms with Crippen molar-refractivity contribution in [2.24, 2.45) is 0 Å². The largest absolute Gasteiger partial charge is 0.489 e. The lowest BCUT2D eigenvalue weighted by atomic mass is 9.87. The van der Waals surface area contributed by atoms with Gasteiger partial charge in [-0.05, 0) is 54.8 Å². The van der Waals surface area contributed by atoms with Gasteiger partial charge in [-0.25, -0.2) is 0 Å². The number of aryl methyl sites for hydroxylation is 2. The van der Waals surface area contributed by atoms with E-state index in [9.17, 15) is 4.79 Å². The Morgan fingerprint density at radius 1 is 0.919 bits per heavy atom. The summed E-state index contributed by atoms with van der Waals surface area (Å²) < 4.78 is 22.0. The second-order valence-electron chi connectivity index (χ2n) is 8.71. The third-order valence-corrected chi connectivity index (χ3v) is 6.15. The summed E-state index contributed by atoms with van der Waals surface area (Å²) >= 11 is 0. The molecule has 4 aromatic rings. The predicted octanol–water partition coefficient (Wildman–Crippen LogP) is 6.01. The molecule has 0 bridgehead atoms. The predicted molar refractivity (Wildman–Crippen MR) is 140 cm³/mol. The molecule has 7 nitrogen and oxygen atoms in total. The van der Waals surface area contributed by atoms with Crippen molar-refractivity contribution in [2.45, 2.75) is 32.8 Å². The van der Waals surface area contributed by atoms with Gasteiger partial charge in [-0.1, -0.05) is 59.8 Å². The Morgan fingerprint density at radius 3 is 2.19 bits per heavy atom. The highest BCUT2D eigenvalue weighted by Gasteiger charge is 2.25. The first-order chi connectivity index (χ1) is 17.9. The molecule has 1 atom stereocenters. The topological polar surface area (TPSA) is 94.6 Å². The Bertz CT molecular complexity index is 1310. The van der Waals surface area contributed by atoms with E-state index < -0.39 is 0 Å². The van der Waals surface area contributed by atoms with E-state index >= 15 is 0 Å². The number of hydrogen-bond acceptors (Lipinski definition) is 7. The van der Waals surface area contributed by atoms with Crippen LogP contribution in [0, 0.1) is 19.3 Å². The minimum absolute atomic E-state index is 0.193. The van der Waals surface area contributed by atoms with Gasteiger partial charge < -0.3 is 24.1 Å². The van der Waals surface area contributed by atoms with Crippen LogP contribution >= 0.6 is 0 Å². The van der Waals surface area contributed by atoms with E-state index in [0.29, 0.717) is 23.8 Å². The Labute approximate surface area is 216 Å². The molecule has 0 spiro atoms. The molecule has 1 unspecified atom stereocenters. The van der Waals surface area contributed by atoms with E-state index in [1.165, 1.54) is 7.11 Å². The number of carbonyl (C=O) groups is 1. The number of nitrogens with one attached hydrogen (secondary N) is 1. The molecule has 0 aliphatic carbocycles. The van der Waals surface area contributed by atoms with E-state index in [2.05, 4.69) is 5.16 Å². The van der Waals surface area contributed by atoms with E-state index in [0.717, 1.165) is 33.7 Å². The average molecular weight is 499 g/mol. The number of aromatic nitrogens is 1. The molecule has 7 heteroatoms. The Kier molecular flexibility index (Phi) is 8.36. The zero-order valence-electron chi connectivity index (χ0n) is 21.2. The van der Waals surface area contributed by atoms with Crippen molar-refractivity contribution in [2.75, 3.05) is 13.7 Å². The maximum absolute atomic E-state index is 12.1. The van der Waals surface area contributed by atoms with Gasteiger partial charge in [-0.3, -0.25) is 4.79 Å². The van der Waals surface area contributed by atoms with Crippen LogP contribution in [0.4, 0.5) is 0 Å². The highest BCUT2D eigenvalue weighted by Crippen LogP contribution is 2.34. The van der Waals surface area contributed by atoms with Crippen LogP contribution in [-0.2, 0) is 16.1 Å². The summed E-state index contributed by atoms with van der Waals surface area (Å²) in [6.07, 6.45) is 0.193. The molecule has 0 saturated heterocycles. The number of esters is 1. The lowest BCUT2D eigenvalue weighted by molar-refractivity contribution is -0.140. The first kappa shape index (κ1) is 25.7. The van der Waals surface area contributed by atoms with Crippen molar-refractivity contribution >= 4 is 11.7 Å². The van der Waals surface area contributed by atoms with Gasteiger partial charge in [-0.2, -0.15) is 0 Å². The molecule has 0 radical (unpaired) electrons. The second-order valence-corrected chi connectivity index (χ2v) is 8.71. The quantitative estimate of drug-likeness (QED) is 0.201.